The smallest absolute Gasteiger partial charge is 0.339 e. The molecule has 26 heavy (non-hydrogen) atoms. The summed E-state index contributed by atoms with van der Waals surface area (Å²) < 4.78 is 6.26. The number of aromatic nitrogens is 3. The number of rotatable bonds is 4. The highest BCUT2D eigenvalue weighted by Crippen LogP contribution is 2.22. The number of pyridine rings is 1. The molecule has 7 nitrogen and oxygen atoms in total. The summed E-state index contributed by atoms with van der Waals surface area (Å²) >= 11 is 5.99. The average molecular weight is 371 g/mol. The van der Waals surface area contributed by atoms with E-state index in [0.717, 1.165) is 0 Å². The van der Waals surface area contributed by atoms with Crippen molar-refractivity contribution in [3.63, 3.8) is 0 Å². The Morgan fingerprint density at radius 3 is 2.69 bits per heavy atom. The van der Waals surface area contributed by atoms with E-state index in [2.05, 4.69) is 20.1 Å². The van der Waals surface area contributed by atoms with Crippen LogP contribution in [0.4, 0.5) is 5.69 Å². The lowest BCUT2D eigenvalue weighted by Crippen LogP contribution is -2.14. The first-order valence-electron chi connectivity index (χ1n) is 7.66. The molecule has 0 fully saturated rings. The molecule has 0 radical (unpaired) electrons. The van der Waals surface area contributed by atoms with Crippen molar-refractivity contribution >= 4 is 29.2 Å². The van der Waals surface area contributed by atoms with Gasteiger partial charge in [0, 0.05) is 11.9 Å². The summed E-state index contributed by atoms with van der Waals surface area (Å²) in [4.78, 5) is 28.5. The van der Waals surface area contributed by atoms with E-state index in [9.17, 15) is 9.59 Å². The minimum Gasteiger partial charge on any atom is -0.465 e. The summed E-state index contributed by atoms with van der Waals surface area (Å²) in [5.41, 5.74) is 1.63. The van der Waals surface area contributed by atoms with Gasteiger partial charge in [-0.05, 0) is 37.3 Å². The molecule has 3 aromatic rings. The lowest BCUT2D eigenvalue weighted by atomic mass is 10.2. The fourth-order valence-electron chi connectivity index (χ4n) is 2.41. The van der Waals surface area contributed by atoms with Gasteiger partial charge < -0.3 is 10.1 Å². The third-order valence-corrected chi connectivity index (χ3v) is 4.08. The molecule has 8 heteroatoms. The van der Waals surface area contributed by atoms with Gasteiger partial charge in [0.2, 0.25) is 0 Å². The number of carbonyl (C=O) groups is 2. The van der Waals surface area contributed by atoms with Crippen LogP contribution in [0, 0.1) is 6.92 Å². The van der Waals surface area contributed by atoms with Gasteiger partial charge >= 0.3 is 5.97 Å². The molecule has 2 aromatic heterocycles. The number of esters is 1. The van der Waals surface area contributed by atoms with Crippen molar-refractivity contribution in [3.05, 3.63) is 70.6 Å². The Labute approximate surface area is 154 Å². The Hall–Kier alpha value is -3.19. The number of carbonyl (C=O) groups excluding carboxylic acids is 2. The summed E-state index contributed by atoms with van der Waals surface area (Å²) in [6.45, 7) is 1.78. The number of benzene rings is 1. The second-order valence-electron chi connectivity index (χ2n) is 5.38. The number of methoxy groups -OCH3 is 1. The second-order valence-corrected chi connectivity index (χ2v) is 5.79. The molecule has 1 amide bonds. The molecule has 1 N–H and O–H groups in total. The van der Waals surface area contributed by atoms with Gasteiger partial charge in [0.05, 0.1) is 35.2 Å². The first-order chi connectivity index (χ1) is 12.5. The average Bonchev–Trinajstić information content (AvgIpc) is 3.05. The molecule has 0 aliphatic carbocycles. The SMILES string of the molecule is COC(=O)c1cc(NC(=O)c2cnn(-c3ccccn3)c2C)ccc1Cl. The molecule has 0 aliphatic heterocycles. The van der Waals surface area contributed by atoms with Gasteiger partial charge in [-0.2, -0.15) is 5.10 Å². The number of hydrogen-bond donors (Lipinski definition) is 1. The van der Waals surface area contributed by atoms with Crippen molar-refractivity contribution in [2.75, 3.05) is 12.4 Å². The lowest BCUT2D eigenvalue weighted by Gasteiger charge is -2.08. The third kappa shape index (κ3) is 3.43. The molecule has 132 valence electrons. The van der Waals surface area contributed by atoms with Gasteiger partial charge in [0.15, 0.2) is 5.82 Å². The van der Waals surface area contributed by atoms with Gasteiger partial charge in [0.1, 0.15) is 0 Å². The number of anilines is 1. The van der Waals surface area contributed by atoms with E-state index < -0.39 is 5.97 Å². The minimum absolute atomic E-state index is 0.174. The molecule has 0 bridgehead atoms. The summed E-state index contributed by atoms with van der Waals surface area (Å²) in [6, 6.07) is 10.0. The molecule has 0 atom stereocenters. The summed E-state index contributed by atoms with van der Waals surface area (Å²) in [6.07, 6.45) is 3.12. The van der Waals surface area contributed by atoms with Crippen LogP contribution in [-0.2, 0) is 4.74 Å². The first-order valence-corrected chi connectivity index (χ1v) is 8.04. The quantitative estimate of drug-likeness (QED) is 0.712. The zero-order chi connectivity index (χ0) is 18.7. The Morgan fingerprint density at radius 1 is 1.19 bits per heavy atom. The summed E-state index contributed by atoms with van der Waals surface area (Å²) in [5.74, 6) is -0.323. The fraction of sp³-hybridized carbons (Fsp3) is 0.111. The molecule has 2 heterocycles. The Kier molecular flexibility index (Phi) is 4.99. The molecule has 0 saturated carbocycles. The van der Waals surface area contributed by atoms with Gasteiger partial charge in [-0.15, -0.1) is 0 Å². The van der Waals surface area contributed by atoms with E-state index in [4.69, 9.17) is 11.6 Å². The maximum Gasteiger partial charge on any atom is 0.339 e. The van der Waals surface area contributed by atoms with Gasteiger partial charge in [-0.25, -0.2) is 14.5 Å². The second kappa shape index (κ2) is 7.37. The van der Waals surface area contributed by atoms with Crippen LogP contribution in [0.25, 0.3) is 5.82 Å². The monoisotopic (exact) mass is 370 g/mol. The molecule has 0 unspecified atom stereocenters. The zero-order valence-corrected chi connectivity index (χ0v) is 14.8. The fourth-order valence-corrected chi connectivity index (χ4v) is 2.61. The maximum absolute atomic E-state index is 12.6. The number of ether oxygens (including phenoxy) is 1. The molecular weight excluding hydrogens is 356 g/mol. The van der Waals surface area contributed by atoms with Crippen LogP contribution in [0.5, 0.6) is 0 Å². The normalized spacial score (nSPS) is 10.4. The van der Waals surface area contributed by atoms with Crippen molar-refractivity contribution in [1.29, 1.82) is 0 Å². The van der Waals surface area contributed by atoms with Crippen molar-refractivity contribution in [1.82, 2.24) is 14.8 Å². The van der Waals surface area contributed by atoms with Crippen LogP contribution >= 0.6 is 11.6 Å². The van der Waals surface area contributed by atoms with Crippen LogP contribution in [0.1, 0.15) is 26.4 Å². The van der Waals surface area contributed by atoms with E-state index in [1.165, 1.54) is 25.4 Å². The van der Waals surface area contributed by atoms with Crippen molar-refractivity contribution in [2.45, 2.75) is 6.92 Å². The van der Waals surface area contributed by atoms with Crippen LogP contribution in [-0.4, -0.2) is 33.8 Å². The van der Waals surface area contributed by atoms with E-state index in [1.807, 2.05) is 6.07 Å². The summed E-state index contributed by atoms with van der Waals surface area (Å²) in [5, 5.41) is 7.20. The minimum atomic E-state index is -0.578. The number of hydrogen-bond acceptors (Lipinski definition) is 5. The largest absolute Gasteiger partial charge is 0.465 e. The molecule has 3 rings (SSSR count). The van der Waals surface area contributed by atoms with E-state index in [1.54, 1.807) is 36.0 Å². The van der Waals surface area contributed by atoms with Gasteiger partial charge in [0.25, 0.3) is 5.91 Å². The number of halogens is 1. The molecular formula is C18H15ClN4O3. The lowest BCUT2D eigenvalue weighted by molar-refractivity contribution is 0.0600. The predicted molar refractivity (Wildman–Crippen MR) is 96.8 cm³/mol. The van der Waals surface area contributed by atoms with Crippen LogP contribution in [0.2, 0.25) is 5.02 Å². The Morgan fingerprint density at radius 2 is 2.00 bits per heavy atom. The topological polar surface area (TPSA) is 86.1 Å². The first kappa shape index (κ1) is 17.6. The zero-order valence-electron chi connectivity index (χ0n) is 14.1. The number of amides is 1. The van der Waals surface area contributed by atoms with Crippen LogP contribution in [0.3, 0.4) is 0 Å². The molecule has 0 aliphatic rings. The Balaban J connectivity index is 1.86. The third-order valence-electron chi connectivity index (χ3n) is 3.75. The maximum atomic E-state index is 12.6. The predicted octanol–water partition coefficient (Wildman–Crippen LogP) is 3.27. The van der Waals surface area contributed by atoms with Gasteiger partial charge in [-0.1, -0.05) is 17.7 Å². The number of nitrogens with one attached hydrogen (secondary N) is 1. The van der Waals surface area contributed by atoms with Crippen molar-refractivity contribution in [3.8, 4) is 5.82 Å². The highest BCUT2D eigenvalue weighted by Gasteiger charge is 2.17. The van der Waals surface area contributed by atoms with Crippen molar-refractivity contribution in [2.24, 2.45) is 0 Å². The molecule has 0 saturated heterocycles. The molecule has 0 spiro atoms. The number of nitrogens with zero attached hydrogens (tertiary/aromatic N) is 3. The van der Waals surface area contributed by atoms with E-state index in [0.29, 0.717) is 22.8 Å². The van der Waals surface area contributed by atoms with E-state index >= 15 is 0 Å². The van der Waals surface area contributed by atoms with Crippen LogP contribution < -0.4 is 5.32 Å². The Bertz CT molecular complexity index is 970. The summed E-state index contributed by atoms with van der Waals surface area (Å²) in [7, 11) is 1.26. The van der Waals surface area contributed by atoms with Crippen molar-refractivity contribution < 1.29 is 14.3 Å². The molecule has 1 aromatic carbocycles. The standard InChI is InChI=1S/C18H15ClN4O3/c1-11-14(10-21-23(11)16-5-3-4-8-20-16)17(24)22-12-6-7-15(19)13(9-12)18(25)26-2/h3-10H,1-2H3,(H,22,24). The highest BCUT2D eigenvalue weighted by atomic mass is 35.5. The van der Waals surface area contributed by atoms with Crippen LogP contribution in [0.15, 0.2) is 48.8 Å². The van der Waals surface area contributed by atoms with Gasteiger partial charge in [-0.3, -0.25) is 4.79 Å². The highest BCUT2D eigenvalue weighted by molar-refractivity contribution is 6.33. The van der Waals surface area contributed by atoms with E-state index in [-0.39, 0.29) is 16.5 Å².